The van der Waals surface area contributed by atoms with Gasteiger partial charge in [-0.05, 0) is 43.0 Å². The van der Waals surface area contributed by atoms with Crippen molar-refractivity contribution in [3.8, 4) is 0 Å². The van der Waals surface area contributed by atoms with Crippen LogP contribution >= 0.6 is 0 Å². The fourth-order valence-electron chi connectivity index (χ4n) is 4.57. The maximum Gasteiger partial charge on any atom is 0.321 e. The van der Waals surface area contributed by atoms with Gasteiger partial charge in [0.15, 0.2) is 9.84 Å². The Morgan fingerprint density at radius 3 is 2.42 bits per heavy atom. The summed E-state index contributed by atoms with van der Waals surface area (Å²) in [5.74, 6) is -4.38. The number of amides is 2. The van der Waals surface area contributed by atoms with Gasteiger partial charge in [0, 0.05) is 25.9 Å². The van der Waals surface area contributed by atoms with Crippen molar-refractivity contribution in [1.82, 2.24) is 15.1 Å². The highest BCUT2D eigenvalue weighted by Gasteiger charge is 2.67. The maximum absolute atomic E-state index is 13.9. The van der Waals surface area contributed by atoms with Gasteiger partial charge < -0.3 is 10.2 Å². The van der Waals surface area contributed by atoms with Crippen LogP contribution in [0.25, 0.3) is 0 Å². The van der Waals surface area contributed by atoms with Gasteiger partial charge in [-0.1, -0.05) is 6.07 Å². The molecule has 2 aliphatic rings. The molecule has 11 heteroatoms. The van der Waals surface area contributed by atoms with Crippen LogP contribution in [0.5, 0.6) is 0 Å². The second-order valence-corrected chi connectivity index (χ2v) is 10.3. The fourth-order valence-corrected chi connectivity index (χ4v) is 7.04. The number of nitrogens with one attached hydrogen (secondary N) is 1. The van der Waals surface area contributed by atoms with Gasteiger partial charge in [0.05, 0.1) is 27.7 Å². The number of benzene rings is 1. The zero-order chi connectivity index (χ0) is 22.3. The van der Waals surface area contributed by atoms with Crippen LogP contribution in [0, 0.1) is 11.7 Å². The summed E-state index contributed by atoms with van der Waals surface area (Å²) in [6, 6.07) is 5.67. The van der Waals surface area contributed by atoms with Gasteiger partial charge in [-0.25, -0.2) is 26.4 Å². The van der Waals surface area contributed by atoms with Crippen molar-refractivity contribution in [1.29, 1.82) is 0 Å². The van der Waals surface area contributed by atoms with E-state index in [1.54, 1.807) is 6.07 Å². The number of likely N-dealkylation sites (tertiary alicyclic amines) is 1. The Morgan fingerprint density at radius 1 is 1.13 bits per heavy atom. The minimum atomic E-state index is -4.20. The van der Waals surface area contributed by atoms with Gasteiger partial charge in [-0.15, -0.1) is 0 Å². The summed E-state index contributed by atoms with van der Waals surface area (Å²) >= 11 is 0. The molecule has 1 aromatic carbocycles. The average Bonchev–Trinajstić information content (AvgIpc) is 2.72. The van der Waals surface area contributed by atoms with Gasteiger partial charge in [0.1, 0.15) is 5.82 Å². The molecule has 0 bridgehead atoms. The zero-order valence-electron chi connectivity index (χ0n) is 16.5. The van der Waals surface area contributed by atoms with Crippen molar-refractivity contribution in [2.24, 2.45) is 5.92 Å². The number of urea groups is 1. The number of hydrogen-bond acceptors (Lipinski definition) is 5. The third kappa shape index (κ3) is 3.98. The van der Waals surface area contributed by atoms with E-state index in [0.29, 0.717) is 5.69 Å². The molecule has 1 N–H and O–H groups in total. The number of anilines is 1. The monoisotopic (exact) mass is 454 g/mol. The van der Waals surface area contributed by atoms with E-state index in [1.807, 2.05) is 0 Å². The molecule has 4 rings (SSSR count). The van der Waals surface area contributed by atoms with Crippen molar-refractivity contribution < 1.29 is 26.4 Å². The van der Waals surface area contributed by atoms with E-state index >= 15 is 0 Å². The highest BCUT2D eigenvalue weighted by molar-refractivity contribution is 7.93. The first kappa shape index (κ1) is 21.5. The Kier molecular flexibility index (Phi) is 5.40. The predicted molar refractivity (Wildman–Crippen MR) is 106 cm³/mol. The number of hydrogen-bond donors (Lipinski definition) is 1. The predicted octanol–water partition coefficient (Wildman–Crippen LogP) is 3.50. The number of sulfone groups is 1. The lowest BCUT2D eigenvalue weighted by atomic mass is 9.68. The summed E-state index contributed by atoms with van der Waals surface area (Å²) in [5.41, 5.74) is 0.464. The number of nitrogens with zero attached hydrogens (tertiary/aromatic N) is 3. The van der Waals surface area contributed by atoms with Crippen LogP contribution < -0.4 is 5.32 Å². The SMILES string of the molecule is O=C(Nc1ccnnc1)N1CCC(C2(S(=O)(=O)c3cccc(F)c3)CC(F)(F)C2)CC1. The number of carbonyl (C=O) groups excluding carboxylic acids is 1. The first-order valence-corrected chi connectivity index (χ1v) is 11.3. The van der Waals surface area contributed by atoms with E-state index in [0.717, 1.165) is 12.1 Å². The van der Waals surface area contributed by atoms with E-state index in [1.165, 1.54) is 29.4 Å². The molecule has 0 spiro atoms. The third-order valence-corrected chi connectivity index (χ3v) is 8.69. The molecule has 0 radical (unpaired) electrons. The number of piperidine rings is 1. The Hall–Kier alpha value is -2.69. The van der Waals surface area contributed by atoms with Gasteiger partial charge in [0.25, 0.3) is 5.92 Å². The molecule has 0 atom stereocenters. The number of alkyl halides is 2. The second kappa shape index (κ2) is 7.77. The van der Waals surface area contributed by atoms with Crippen molar-refractivity contribution in [3.05, 3.63) is 48.5 Å². The molecule has 2 aromatic rings. The molecule has 7 nitrogen and oxygen atoms in total. The number of aromatic nitrogens is 2. The van der Waals surface area contributed by atoms with Gasteiger partial charge in [-0.3, -0.25) is 0 Å². The molecule has 1 aromatic heterocycles. The zero-order valence-corrected chi connectivity index (χ0v) is 17.3. The van der Waals surface area contributed by atoms with Crippen molar-refractivity contribution >= 4 is 21.6 Å². The van der Waals surface area contributed by atoms with Crippen molar-refractivity contribution in [2.75, 3.05) is 18.4 Å². The average molecular weight is 454 g/mol. The van der Waals surface area contributed by atoms with E-state index in [4.69, 9.17) is 0 Å². The third-order valence-electron chi connectivity index (χ3n) is 6.12. The number of halogens is 3. The fraction of sp³-hybridized carbons (Fsp3) is 0.450. The molecule has 1 aliphatic carbocycles. The van der Waals surface area contributed by atoms with E-state index < -0.39 is 45.1 Å². The standard InChI is InChI=1S/C20H21F3N4O3S/c21-15-2-1-3-17(10-15)31(29,30)19(12-20(22,23)13-19)14-5-8-27(9-6-14)18(28)26-16-4-7-24-25-11-16/h1-4,7,10-11,14H,5-6,8-9,12-13H2,(H,24,26,28). The van der Waals surface area contributed by atoms with Crippen molar-refractivity contribution in [3.63, 3.8) is 0 Å². The molecule has 1 saturated carbocycles. The molecule has 1 saturated heterocycles. The largest absolute Gasteiger partial charge is 0.325 e. The molecular formula is C20H21F3N4O3S. The topological polar surface area (TPSA) is 92.3 Å². The summed E-state index contributed by atoms with van der Waals surface area (Å²) < 4.78 is 66.5. The van der Waals surface area contributed by atoms with Gasteiger partial charge in [0.2, 0.25) is 0 Å². The normalized spacial score (nSPS) is 20.7. The summed E-state index contributed by atoms with van der Waals surface area (Å²) in [6.45, 7) is 0.446. The summed E-state index contributed by atoms with van der Waals surface area (Å²) in [5, 5.41) is 9.97. The molecular weight excluding hydrogens is 433 g/mol. The number of rotatable bonds is 4. The lowest BCUT2D eigenvalue weighted by Crippen LogP contribution is -2.62. The first-order valence-electron chi connectivity index (χ1n) is 9.84. The van der Waals surface area contributed by atoms with Crippen LogP contribution in [0.4, 0.5) is 23.7 Å². The Balaban J connectivity index is 1.51. The van der Waals surface area contributed by atoms with E-state index in [9.17, 15) is 26.4 Å². The summed E-state index contributed by atoms with van der Waals surface area (Å²) in [6.07, 6.45) is 1.75. The molecule has 2 heterocycles. The van der Waals surface area contributed by atoms with E-state index in [-0.39, 0.29) is 36.9 Å². The van der Waals surface area contributed by atoms with E-state index in [2.05, 4.69) is 15.5 Å². The summed E-state index contributed by atoms with van der Waals surface area (Å²) in [7, 11) is -4.20. The Morgan fingerprint density at radius 2 is 1.84 bits per heavy atom. The molecule has 166 valence electrons. The van der Waals surface area contributed by atoms with Crippen LogP contribution in [-0.2, 0) is 9.84 Å². The van der Waals surface area contributed by atoms with Crippen LogP contribution in [-0.4, -0.2) is 53.3 Å². The van der Waals surface area contributed by atoms with Crippen LogP contribution in [0.2, 0.25) is 0 Å². The van der Waals surface area contributed by atoms with Crippen molar-refractivity contribution in [2.45, 2.75) is 41.2 Å². The maximum atomic E-state index is 13.9. The van der Waals surface area contributed by atoms with Gasteiger partial charge >= 0.3 is 6.03 Å². The van der Waals surface area contributed by atoms with Gasteiger partial charge in [-0.2, -0.15) is 10.2 Å². The molecule has 1 aliphatic heterocycles. The lowest BCUT2D eigenvalue weighted by Gasteiger charge is -2.52. The molecule has 0 unspecified atom stereocenters. The lowest BCUT2D eigenvalue weighted by molar-refractivity contribution is -0.117. The first-order chi connectivity index (χ1) is 14.6. The molecule has 2 fully saturated rings. The summed E-state index contributed by atoms with van der Waals surface area (Å²) in [4.78, 5) is 13.7. The Labute approximate surface area is 177 Å². The molecule has 2 amide bonds. The minimum Gasteiger partial charge on any atom is -0.325 e. The smallest absolute Gasteiger partial charge is 0.321 e. The Bertz CT molecular complexity index is 1070. The van der Waals surface area contributed by atoms with Crippen LogP contribution in [0.15, 0.2) is 47.6 Å². The molecule has 31 heavy (non-hydrogen) atoms. The highest BCUT2D eigenvalue weighted by Crippen LogP contribution is 2.58. The number of carbonyl (C=O) groups is 1. The second-order valence-electron chi connectivity index (χ2n) is 8.06. The van der Waals surface area contributed by atoms with Crippen LogP contribution in [0.3, 0.4) is 0 Å². The van der Waals surface area contributed by atoms with Crippen LogP contribution in [0.1, 0.15) is 25.7 Å². The minimum absolute atomic E-state index is 0.223. The quantitative estimate of drug-likeness (QED) is 0.764. The highest BCUT2D eigenvalue weighted by atomic mass is 32.2.